The van der Waals surface area contributed by atoms with Crippen molar-refractivity contribution in [1.29, 1.82) is 0 Å². The molecule has 1 atom stereocenters. The van der Waals surface area contributed by atoms with Crippen LogP contribution in [0.1, 0.15) is 18.4 Å². The van der Waals surface area contributed by atoms with Crippen molar-refractivity contribution >= 4 is 34.5 Å². The van der Waals surface area contributed by atoms with Crippen LogP contribution in [0.25, 0.3) is 28.1 Å². The zero-order valence-corrected chi connectivity index (χ0v) is 18.2. The van der Waals surface area contributed by atoms with Crippen LogP contribution in [0.3, 0.4) is 0 Å². The van der Waals surface area contributed by atoms with Gasteiger partial charge in [0.05, 0.1) is 18.0 Å². The molecule has 0 aliphatic carbocycles. The Balaban J connectivity index is 1.38. The normalized spacial score (nSPS) is 16.1. The molecule has 1 saturated heterocycles. The highest BCUT2D eigenvalue weighted by molar-refractivity contribution is 7.80. The molecule has 0 saturated carbocycles. The van der Waals surface area contributed by atoms with Crippen molar-refractivity contribution < 1.29 is 9.15 Å². The summed E-state index contributed by atoms with van der Waals surface area (Å²) in [6.45, 7) is 1.50. The Hall–Kier alpha value is -3.49. The average Bonchev–Trinajstić information content (AvgIpc) is 3.57. The Bertz CT molecular complexity index is 1210. The molecule has 1 fully saturated rings. The first-order valence-electron chi connectivity index (χ1n) is 10.6. The van der Waals surface area contributed by atoms with Crippen LogP contribution in [-0.2, 0) is 4.74 Å². The number of nitrogens with one attached hydrogen (secondary N) is 2. The fraction of sp³-hybridized carbons (Fsp3) is 0.208. The van der Waals surface area contributed by atoms with Gasteiger partial charge in [-0.05, 0) is 49.3 Å². The number of thiocarbonyl (C=S) groups is 1. The van der Waals surface area contributed by atoms with E-state index in [0.29, 0.717) is 23.1 Å². The van der Waals surface area contributed by atoms with Gasteiger partial charge >= 0.3 is 0 Å². The van der Waals surface area contributed by atoms with Crippen LogP contribution in [0.15, 0.2) is 76.4 Å². The van der Waals surface area contributed by atoms with Crippen molar-refractivity contribution in [3.63, 3.8) is 0 Å². The standard InChI is InChI=1S/C24H23N5O2S/c32-24(25-15-20-10-6-12-30-20)27-26-14-18-16-29(19-8-2-1-3-9-19)28-23(18)22-13-17-7-4-5-11-21(17)31-22/h1-5,7-9,11,13-14,16,20H,6,10,12,15H2,(H2,25,27,32)/b26-14+. The number of furan rings is 1. The minimum atomic E-state index is 0.211. The van der Waals surface area contributed by atoms with Gasteiger partial charge in [0, 0.05) is 30.3 Å². The minimum absolute atomic E-state index is 0.211. The fourth-order valence-corrected chi connectivity index (χ4v) is 3.83. The Kier molecular flexibility index (Phi) is 5.96. The Morgan fingerprint density at radius 3 is 2.84 bits per heavy atom. The summed E-state index contributed by atoms with van der Waals surface area (Å²) in [5, 5.41) is 13.7. The van der Waals surface area contributed by atoms with Gasteiger partial charge in [-0.3, -0.25) is 5.43 Å². The summed E-state index contributed by atoms with van der Waals surface area (Å²) in [6, 6.07) is 19.8. The van der Waals surface area contributed by atoms with Gasteiger partial charge in [-0.2, -0.15) is 10.2 Å². The van der Waals surface area contributed by atoms with Gasteiger partial charge in [-0.25, -0.2) is 4.68 Å². The number of rotatable bonds is 6. The molecular formula is C24H23N5O2S. The molecule has 32 heavy (non-hydrogen) atoms. The Morgan fingerprint density at radius 2 is 2.03 bits per heavy atom. The zero-order chi connectivity index (χ0) is 21.8. The third-order valence-electron chi connectivity index (χ3n) is 5.31. The molecule has 4 aromatic rings. The van der Waals surface area contributed by atoms with E-state index in [1.807, 2.05) is 71.5 Å². The molecule has 0 radical (unpaired) electrons. The molecular weight excluding hydrogens is 422 g/mol. The predicted octanol–water partition coefficient (Wildman–Crippen LogP) is 4.26. The quantitative estimate of drug-likeness (QED) is 0.262. The van der Waals surface area contributed by atoms with Crippen molar-refractivity contribution in [2.75, 3.05) is 13.2 Å². The molecule has 8 heteroatoms. The maximum atomic E-state index is 6.06. The lowest BCUT2D eigenvalue weighted by Crippen LogP contribution is -2.37. The van der Waals surface area contributed by atoms with Gasteiger partial charge in [0.1, 0.15) is 11.3 Å². The van der Waals surface area contributed by atoms with Crippen molar-refractivity contribution in [1.82, 2.24) is 20.5 Å². The summed E-state index contributed by atoms with van der Waals surface area (Å²) >= 11 is 5.32. The highest BCUT2D eigenvalue weighted by Gasteiger charge is 2.16. The summed E-state index contributed by atoms with van der Waals surface area (Å²) in [7, 11) is 0. The van der Waals surface area contributed by atoms with E-state index in [2.05, 4.69) is 15.8 Å². The largest absolute Gasteiger partial charge is 0.454 e. The maximum absolute atomic E-state index is 6.06. The van der Waals surface area contributed by atoms with E-state index in [-0.39, 0.29) is 6.10 Å². The number of para-hydroxylation sites is 2. The first-order valence-corrected chi connectivity index (χ1v) is 11.0. The van der Waals surface area contributed by atoms with Gasteiger partial charge in [0.2, 0.25) is 0 Å². The molecule has 0 bridgehead atoms. The van der Waals surface area contributed by atoms with Crippen LogP contribution >= 0.6 is 12.2 Å². The van der Waals surface area contributed by atoms with Crippen LogP contribution in [0.4, 0.5) is 0 Å². The summed E-state index contributed by atoms with van der Waals surface area (Å²) in [6.07, 6.45) is 5.99. The lowest BCUT2D eigenvalue weighted by atomic mass is 10.2. The lowest BCUT2D eigenvalue weighted by Gasteiger charge is -2.11. The molecule has 2 N–H and O–H groups in total. The topological polar surface area (TPSA) is 76.6 Å². The van der Waals surface area contributed by atoms with Crippen molar-refractivity contribution in [3.05, 3.63) is 72.4 Å². The van der Waals surface area contributed by atoms with Crippen LogP contribution in [0.5, 0.6) is 0 Å². The Labute approximate surface area is 191 Å². The first kappa shape index (κ1) is 20.4. The Morgan fingerprint density at radius 1 is 1.19 bits per heavy atom. The molecule has 0 spiro atoms. The fourth-order valence-electron chi connectivity index (χ4n) is 3.70. The number of aromatic nitrogens is 2. The number of hydrogen-bond donors (Lipinski definition) is 2. The summed E-state index contributed by atoms with van der Waals surface area (Å²) in [5.74, 6) is 0.682. The molecule has 1 aliphatic rings. The number of hydrogen-bond acceptors (Lipinski definition) is 5. The molecule has 2 aromatic carbocycles. The number of nitrogens with zero attached hydrogens (tertiary/aromatic N) is 3. The second kappa shape index (κ2) is 9.33. The third kappa shape index (κ3) is 4.56. The van der Waals surface area contributed by atoms with Gasteiger partial charge in [-0.1, -0.05) is 36.4 Å². The maximum Gasteiger partial charge on any atom is 0.187 e. The summed E-state index contributed by atoms with van der Waals surface area (Å²) in [5.41, 5.74) is 6.15. The third-order valence-corrected chi connectivity index (χ3v) is 5.54. The monoisotopic (exact) mass is 445 g/mol. The summed E-state index contributed by atoms with van der Waals surface area (Å²) in [4.78, 5) is 0. The lowest BCUT2D eigenvalue weighted by molar-refractivity contribution is 0.114. The second-order valence-electron chi connectivity index (χ2n) is 7.58. The average molecular weight is 446 g/mol. The molecule has 162 valence electrons. The van der Waals surface area contributed by atoms with E-state index in [0.717, 1.165) is 41.7 Å². The van der Waals surface area contributed by atoms with Crippen molar-refractivity contribution in [3.8, 4) is 17.1 Å². The smallest absolute Gasteiger partial charge is 0.187 e. The molecule has 3 heterocycles. The molecule has 0 amide bonds. The van der Waals surface area contributed by atoms with E-state index in [1.54, 1.807) is 6.21 Å². The number of ether oxygens (including phenoxy) is 1. The SMILES string of the molecule is S=C(NCC1CCCO1)N/N=C/c1cn(-c2ccccc2)nc1-c1cc2ccccc2o1. The van der Waals surface area contributed by atoms with Gasteiger partial charge < -0.3 is 14.5 Å². The molecule has 1 aliphatic heterocycles. The van der Waals surface area contributed by atoms with Crippen LogP contribution in [0.2, 0.25) is 0 Å². The van der Waals surface area contributed by atoms with E-state index in [1.165, 1.54) is 0 Å². The molecule has 2 aromatic heterocycles. The van der Waals surface area contributed by atoms with Crippen LogP contribution in [0, 0.1) is 0 Å². The highest BCUT2D eigenvalue weighted by Crippen LogP contribution is 2.29. The van der Waals surface area contributed by atoms with Crippen LogP contribution in [-0.4, -0.2) is 40.4 Å². The molecule has 5 rings (SSSR count). The second-order valence-corrected chi connectivity index (χ2v) is 7.98. The first-order chi connectivity index (χ1) is 15.8. The van der Waals surface area contributed by atoms with E-state index >= 15 is 0 Å². The van der Waals surface area contributed by atoms with Gasteiger partial charge in [0.15, 0.2) is 10.9 Å². The molecule has 1 unspecified atom stereocenters. The van der Waals surface area contributed by atoms with Gasteiger partial charge in [-0.15, -0.1) is 0 Å². The van der Waals surface area contributed by atoms with E-state index in [9.17, 15) is 0 Å². The van der Waals surface area contributed by atoms with Crippen molar-refractivity contribution in [2.24, 2.45) is 5.10 Å². The molecule has 7 nitrogen and oxygen atoms in total. The number of hydrazone groups is 1. The van der Waals surface area contributed by atoms with E-state index < -0.39 is 0 Å². The number of benzene rings is 2. The number of fused-ring (bicyclic) bond motifs is 1. The van der Waals surface area contributed by atoms with E-state index in [4.69, 9.17) is 26.5 Å². The minimum Gasteiger partial charge on any atom is -0.454 e. The van der Waals surface area contributed by atoms with Crippen molar-refractivity contribution in [2.45, 2.75) is 18.9 Å². The predicted molar refractivity (Wildman–Crippen MR) is 129 cm³/mol. The summed E-state index contributed by atoms with van der Waals surface area (Å²) < 4.78 is 13.5. The zero-order valence-electron chi connectivity index (χ0n) is 17.4. The van der Waals surface area contributed by atoms with Gasteiger partial charge in [0.25, 0.3) is 0 Å². The van der Waals surface area contributed by atoms with Crippen LogP contribution < -0.4 is 10.7 Å². The highest BCUT2D eigenvalue weighted by atomic mass is 32.1.